The third-order valence-electron chi connectivity index (χ3n) is 4.77. The fourth-order valence-corrected chi connectivity index (χ4v) is 3.58. The van der Waals surface area contributed by atoms with Gasteiger partial charge in [0.2, 0.25) is 11.9 Å². The number of halogens is 1. The normalized spacial score (nSPS) is 11.5. The van der Waals surface area contributed by atoms with Crippen molar-refractivity contribution < 1.29 is 19.2 Å². The molecule has 1 N–H and O–H groups in total. The molecule has 11 nitrogen and oxygen atoms in total. The van der Waals surface area contributed by atoms with Gasteiger partial charge >= 0.3 is 5.97 Å². The average molecular weight is 537 g/mol. The second kappa shape index (κ2) is 10.7. The second-order valence-corrected chi connectivity index (χ2v) is 8.05. The lowest BCUT2D eigenvalue weighted by molar-refractivity contribution is -0.384. The van der Waals surface area contributed by atoms with Crippen molar-refractivity contribution in [1.29, 1.82) is 0 Å². The number of benzene rings is 3. The van der Waals surface area contributed by atoms with E-state index in [-0.39, 0.29) is 17.9 Å². The molecule has 0 saturated heterocycles. The molecule has 4 rings (SSSR count). The van der Waals surface area contributed by atoms with Gasteiger partial charge in [-0.05, 0) is 27.2 Å². The van der Waals surface area contributed by atoms with Gasteiger partial charge in [-0.2, -0.15) is 4.80 Å². The van der Waals surface area contributed by atoms with Gasteiger partial charge in [-0.1, -0.05) is 60.7 Å². The Labute approximate surface area is 207 Å². The molecule has 0 spiro atoms. The first-order valence-electron chi connectivity index (χ1n) is 10.2. The van der Waals surface area contributed by atoms with Crippen molar-refractivity contribution >= 4 is 39.2 Å². The third-order valence-corrected chi connectivity index (χ3v) is 5.42. The van der Waals surface area contributed by atoms with Crippen LogP contribution in [0.25, 0.3) is 11.4 Å². The number of tetrazole rings is 1. The number of nitrogens with zero attached hydrogens (tertiary/aromatic N) is 5. The molecule has 1 amide bonds. The van der Waals surface area contributed by atoms with Crippen LogP contribution in [-0.2, 0) is 20.9 Å². The van der Waals surface area contributed by atoms with Crippen LogP contribution in [0.4, 0.5) is 11.4 Å². The number of hydrogen-bond acceptors (Lipinski definition) is 8. The first-order valence-corrected chi connectivity index (χ1v) is 11.0. The molecule has 1 heterocycles. The molecule has 0 radical (unpaired) electrons. The smallest absolute Gasteiger partial charge is 0.330 e. The largest absolute Gasteiger partial charge is 0.446 e. The summed E-state index contributed by atoms with van der Waals surface area (Å²) in [5, 5.41) is 25.6. The molecule has 4 aromatic rings. The molecular formula is C23H17BrN6O5. The average Bonchev–Trinajstić information content (AvgIpc) is 3.33. The zero-order valence-corrected chi connectivity index (χ0v) is 19.5. The van der Waals surface area contributed by atoms with E-state index in [1.165, 1.54) is 18.2 Å². The van der Waals surface area contributed by atoms with Crippen molar-refractivity contribution in [2.75, 3.05) is 5.32 Å². The number of nitro benzene ring substituents is 1. The standard InChI is InChI=1S/C23H17BrN6O5/c24-18-13-17(30(33)34)11-12-19(18)25-23(32)21(15-7-3-1-4-8-15)35-20(31)14-29-27-22(26-28-29)16-9-5-2-6-10-16/h1-13,21H,14H2,(H,25,32). The summed E-state index contributed by atoms with van der Waals surface area (Å²) >= 11 is 3.21. The second-order valence-electron chi connectivity index (χ2n) is 7.20. The molecule has 35 heavy (non-hydrogen) atoms. The van der Waals surface area contributed by atoms with Gasteiger partial charge in [0.1, 0.15) is 0 Å². The minimum Gasteiger partial charge on any atom is -0.446 e. The van der Waals surface area contributed by atoms with Crippen LogP contribution in [0, 0.1) is 10.1 Å². The van der Waals surface area contributed by atoms with Crippen molar-refractivity contribution in [3.05, 3.63) is 99.0 Å². The minimum atomic E-state index is -1.29. The number of ether oxygens (including phenoxy) is 1. The molecule has 0 aliphatic carbocycles. The zero-order valence-electron chi connectivity index (χ0n) is 17.9. The highest BCUT2D eigenvalue weighted by Gasteiger charge is 2.26. The summed E-state index contributed by atoms with van der Waals surface area (Å²) in [7, 11) is 0. The number of esters is 1. The quantitative estimate of drug-likeness (QED) is 0.202. The molecule has 176 valence electrons. The number of aromatic nitrogens is 4. The van der Waals surface area contributed by atoms with Gasteiger partial charge in [0.05, 0.1) is 10.6 Å². The Morgan fingerprint density at radius 3 is 2.40 bits per heavy atom. The lowest BCUT2D eigenvalue weighted by Gasteiger charge is -2.18. The maximum Gasteiger partial charge on any atom is 0.330 e. The van der Waals surface area contributed by atoms with Crippen LogP contribution in [0.5, 0.6) is 0 Å². The molecule has 1 unspecified atom stereocenters. The Hall–Kier alpha value is -4.45. The number of non-ortho nitro benzene ring substituents is 1. The summed E-state index contributed by atoms with van der Waals surface area (Å²) in [4.78, 5) is 37.2. The Morgan fingerprint density at radius 1 is 1.06 bits per heavy atom. The Bertz CT molecular complexity index is 1360. The molecule has 12 heteroatoms. The number of rotatable bonds is 8. The van der Waals surface area contributed by atoms with Crippen LogP contribution in [-0.4, -0.2) is 37.0 Å². The van der Waals surface area contributed by atoms with Gasteiger partial charge in [-0.3, -0.25) is 14.9 Å². The van der Waals surface area contributed by atoms with Gasteiger partial charge in [-0.15, -0.1) is 10.2 Å². The van der Waals surface area contributed by atoms with E-state index in [1.54, 1.807) is 30.3 Å². The van der Waals surface area contributed by atoms with Gasteiger partial charge in [0.25, 0.3) is 11.6 Å². The summed E-state index contributed by atoms with van der Waals surface area (Å²) in [5.74, 6) is -1.05. The van der Waals surface area contributed by atoms with Crippen molar-refractivity contribution in [2.45, 2.75) is 12.6 Å². The predicted octanol–water partition coefficient (Wildman–Crippen LogP) is 3.93. The molecule has 3 aromatic carbocycles. The van der Waals surface area contributed by atoms with Crippen LogP contribution >= 0.6 is 15.9 Å². The van der Waals surface area contributed by atoms with E-state index in [0.717, 1.165) is 10.4 Å². The van der Waals surface area contributed by atoms with Crippen LogP contribution < -0.4 is 5.32 Å². The van der Waals surface area contributed by atoms with Gasteiger partial charge < -0.3 is 10.1 Å². The first-order chi connectivity index (χ1) is 16.9. The van der Waals surface area contributed by atoms with Crippen LogP contribution in [0.2, 0.25) is 0 Å². The topological polar surface area (TPSA) is 142 Å². The maximum atomic E-state index is 13.1. The predicted molar refractivity (Wildman–Crippen MR) is 128 cm³/mol. The highest BCUT2D eigenvalue weighted by atomic mass is 79.9. The molecule has 0 saturated carbocycles. The Morgan fingerprint density at radius 2 is 1.74 bits per heavy atom. The number of carbonyl (C=O) groups excluding carboxylic acids is 2. The van der Waals surface area contributed by atoms with Crippen molar-refractivity contribution in [3.63, 3.8) is 0 Å². The Balaban J connectivity index is 1.49. The number of nitro groups is 1. The number of anilines is 1. The van der Waals surface area contributed by atoms with E-state index in [9.17, 15) is 19.7 Å². The van der Waals surface area contributed by atoms with Crippen LogP contribution in [0.3, 0.4) is 0 Å². The third kappa shape index (κ3) is 5.92. The summed E-state index contributed by atoms with van der Waals surface area (Å²) in [6, 6.07) is 21.5. The summed E-state index contributed by atoms with van der Waals surface area (Å²) in [6.45, 7) is -0.363. The van der Waals surface area contributed by atoms with E-state index in [2.05, 4.69) is 36.7 Å². The monoisotopic (exact) mass is 536 g/mol. The number of hydrogen-bond donors (Lipinski definition) is 1. The van der Waals surface area contributed by atoms with Crippen molar-refractivity contribution in [3.8, 4) is 11.4 Å². The summed E-state index contributed by atoms with van der Waals surface area (Å²) < 4.78 is 5.79. The van der Waals surface area contributed by atoms with E-state index in [1.807, 2.05) is 30.3 Å². The molecule has 1 atom stereocenters. The number of amides is 1. The minimum absolute atomic E-state index is 0.142. The fourth-order valence-electron chi connectivity index (χ4n) is 3.12. The van der Waals surface area contributed by atoms with E-state index in [0.29, 0.717) is 15.9 Å². The van der Waals surface area contributed by atoms with Crippen molar-refractivity contribution in [1.82, 2.24) is 20.2 Å². The molecule has 1 aromatic heterocycles. The molecule has 0 bridgehead atoms. The number of carbonyl (C=O) groups is 2. The van der Waals surface area contributed by atoms with Crippen LogP contribution in [0.1, 0.15) is 11.7 Å². The summed E-state index contributed by atoms with van der Waals surface area (Å²) in [6.07, 6.45) is -1.29. The maximum absolute atomic E-state index is 13.1. The highest BCUT2D eigenvalue weighted by Crippen LogP contribution is 2.29. The molecule has 0 aliphatic rings. The van der Waals surface area contributed by atoms with Gasteiger partial charge in [0, 0.05) is 27.7 Å². The molecule has 0 fully saturated rings. The SMILES string of the molecule is O=C(Cn1nnc(-c2ccccc2)n1)OC(C(=O)Nc1ccc([N+](=O)[O-])cc1Br)c1ccccc1. The molecule has 0 aliphatic heterocycles. The lowest BCUT2D eigenvalue weighted by Crippen LogP contribution is -2.28. The highest BCUT2D eigenvalue weighted by molar-refractivity contribution is 9.10. The zero-order chi connectivity index (χ0) is 24.8. The van der Waals surface area contributed by atoms with E-state index < -0.39 is 22.9 Å². The Kier molecular flexibility index (Phi) is 7.21. The van der Waals surface area contributed by atoms with Crippen molar-refractivity contribution in [2.24, 2.45) is 0 Å². The first kappa shape index (κ1) is 23.7. The fraction of sp³-hybridized carbons (Fsp3) is 0.0870. The van der Waals surface area contributed by atoms with Crippen LogP contribution in [0.15, 0.2) is 83.3 Å². The lowest BCUT2D eigenvalue weighted by atomic mass is 10.1. The van der Waals surface area contributed by atoms with E-state index >= 15 is 0 Å². The number of nitrogens with one attached hydrogen (secondary N) is 1. The summed E-state index contributed by atoms with van der Waals surface area (Å²) in [5.41, 5.74) is 1.31. The van der Waals surface area contributed by atoms with Gasteiger partial charge in [0.15, 0.2) is 6.54 Å². The van der Waals surface area contributed by atoms with Gasteiger partial charge in [-0.25, -0.2) is 4.79 Å². The molecular weight excluding hydrogens is 520 g/mol. The van der Waals surface area contributed by atoms with E-state index in [4.69, 9.17) is 4.74 Å².